The predicted molar refractivity (Wildman–Crippen MR) is 117 cm³/mol. The number of carbonyl (C=O) groups excluding carboxylic acids is 3. The second-order valence-corrected chi connectivity index (χ2v) is 9.27. The van der Waals surface area contributed by atoms with E-state index in [-0.39, 0.29) is 19.1 Å². The largest absolute Gasteiger partial charge is 0.466 e. The highest BCUT2D eigenvalue weighted by Gasteiger charge is 2.33. The van der Waals surface area contributed by atoms with Gasteiger partial charge >= 0.3 is 12.1 Å². The van der Waals surface area contributed by atoms with Gasteiger partial charge in [-0.05, 0) is 64.7 Å². The summed E-state index contributed by atoms with van der Waals surface area (Å²) in [5.41, 5.74) is -1.02. The molecule has 30 heavy (non-hydrogen) atoms. The van der Waals surface area contributed by atoms with Crippen molar-refractivity contribution in [2.45, 2.75) is 105 Å². The third-order valence-electron chi connectivity index (χ3n) is 5.50. The molecule has 0 spiro atoms. The van der Waals surface area contributed by atoms with Crippen molar-refractivity contribution < 1.29 is 28.6 Å². The van der Waals surface area contributed by atoms with Crippen molar-refractivity contribution in [1.29, 1.82) is 0 Å². The summed E-state index contributed by atoms with van der Waals surface area (Å²) in [6.45, 7) is 15.0. The Morgan fingerprint density at radius 1 is 1.03 bits per heavy atom. The number of hydrogen-bond acceptors (Lipinski definition) is 6. The molecule has 7 nitrogen and oxygen atoms in total. The molecule has 0 saturated carbocycles. The van der Waals surface area contributed by atoms with Crippen LogP contribution >= 0.6 is 0 Å². The van der Waals surface area contributed by atoms with E-state index < -0.39 is 17.3 Å². The van der Waals surface area contributed by atoms with Crippen LogP contribution in [0.4, 0.5) is 4.79 Å². The van der Waals surface area contributed by atoms with E-state index >= 15 is 0 Å². The standard InChI is InChI=1S/C23H43NO6/c1-8-23(7,19(4)16-18(2)3)29-20(26)12-10-9-11-13-22(5,6)30-21(27)24-14-15-28-17-25/h17-19H,8-16H2,1-7H3,(H,24,27). The van der Waals surface area contributed by atoms with E-state index in [2.05, 4.69) is 37.7 Å². The summed E-state index contributed by atoms with van der Waals surface area (Å²) < 4.78 is 15.8. The fourth-order valence-corrected chi connectivity index (χ4v) is 3.38. The van der Waals surface area contributed by atoms with Crippen LogP contribution in [0.3, 0.4) is 0 Å². The summed E-state index contributed by atoms with van der Waals surface area (Å²) in [4.78, 5) is 34.1. The number of rotatable bonds is 16. The lowest BCUT2D eigenvalue weighted by atomic mass is 9.82. The molecule has 1 N–H and O–H groups in total. The first kappa shape index (κ1) is 28.2. The number of nitrogens with one attached hydrogen (secondary N) is 1. The molecule has 1 amide bonds. The van der Waals surface area contributed by atoms with E-state index in [1.165, 1.54) is 0 Å². The predicted octanol–water partition coefficient (Wildman–Crippen LogP) is 5.01. The van der Waals surface area contributed by atoms with Crippen LogP contribution < -0.4 is 5.32 Å². The number of carbonyl (C=O) groups is 3. The van der Waals surface area contributed by atoms with E-state index in [9.17, 15) is 14.4 Å². The highest BCUT2D eigenvalue weighted by atomic mass is 16.6. The van der Waals surface area contributed by atoms with E-state index in [1.807, 2.05) is 20.8 Å². The number of hydrogen-bond donors (Lipinski definition) is 1. The minimum absolute atomic E-state index is 0.114. The van der Waals surface area contributed by atoms with E-state index in [0.29, 0.717) is 31.1 Å². The lowest BCUT2D eigenvalue weighted by Crippen LogP contribution is -2.38. The zero-order chi connectivity index (χ0) is 23.2. The highest BCUT2D eigenvalue weighted by molar-refractivity contribution is 5.69. The van der Waals surface area contributed by atoms with Crippen molar-refractivity contribution >= 4 is 18.5 Å². The average molecular weight is 430 g/mol. The Kier molecular flexibility index (Phi) is 13.4. The SMILES string of the molecule is CCC(C)(OC(=O)CCCCCC(C)(C)OC(=O)NCCOC=O)C(C)CC(C)C. The fourth-order valence-electron chi connectivity index (χ4n) is 3.38. The van der Waals surface area contributed by atoms with Gasteiger partial charge in [0.1, 0.15) is 17.8 Å². The summed E-state index contributed by atoms with van der Waals surface area (Å²) in [7, 11) is 0. The van der Waals surface area contributed by atoms with Gasteiger partial charge < -0.3 is 19.5 Å². The lowest BCUT2D eigenvalue weighted by molar-refractivity contribution is -0.164. The van der Waals surface area contributed by atoms with Crippen LogP contribution in [0.5, 0.6) is 0 Å². The number of unbranched alkanes of at least 4 members (excludes halogenated alkanes) is 2. The van der Waals surface area contributed by atoms with Crippen LogP contribution in [0.25, 0.3) is 0 Å². The Morgan fingerprint density at radius 3 is 2.27 bits per heavy atom. The Labute approximate surface area is 182 Å². The monoisotopic (exact) mass is 429 g/mol. The second kappa shape index (κ2) is 14.3. The molecule has 0 aromatic rings. The fraction of sp³-hybridized carbons (Fsp3) is 0.870. The van der Waals surface area contributed by atoms with Crippen LogP contribution in [-0.4, -0.2) is 42.9 Å². The molecular formula is C23H43NO6. The molecule has 2 atom stereocenters. The molecule has 0 saturated heterocycles. The van der Waals surface area contributed by atoms with Gasteiger partial charge in [0.25, 0.3) is 6.47 Å². The quantitative estimate of drug-likeness (QED) is 0.160. The first-order valence-electron chi connectivity index (χ1n) is 11.2. The second-order valence-electron chi connectivity index (χ2n) is 9.27. The van der Waals surface area contributed by atoms with Crippen molar-refractivity contribution in [3.63, 3.8) is 0 Å². The Morgan fingerprint density at radius 2 is 1.70 bits per heavy atom. The summed E-state index contributed by atoms with van der Waals surface area (Å²) in [6, 6.07) is 0. The van der Waals surface area contributed by atoms with Gasteiger partial charge in [-0.2, -0.15) is 0 Å². The van der Waals surface area contributed by atoms with Gasteiger partial charge in [0, 0.05) is 6.42 Å². The lowest BCUT2D eigenvalue weighted by Gasteiger charge is -2.35. The number of esters is 1. The molecule has 0 aromatic heterocycles. The topological polar surface area (TPSA) is 90.9 Å². The summed E-state index contributed by atoms with van der Waals surface area (Å²) in [6.07, 6.45) is 4.86. The smallest absolute Gasteiger partial charge is 0.407 e. The molecule has 0 aliphatic carbocycles. The van der Waals surface area contributed by atoms with E-state index in [0.717, 1.165) is 32.1 Å². The number of alkyl carbamates (subject to hydrolysis) is 1. The molecular weight excluding hydrogens is 386 g/mol. The Bertz CT molecular complexity index is 520. The van der Waals surface area contributed by atoms with Crippen LogP contribution in [0.2, 0.25) is 0 Å². The Hall–Kier alpha value is -1.79. The van der Waals surface area contributed by atoms with Gasteiger partial charge in [0.15, 0.2) is 0 Å². The van der Waals surface area contributed by atoms with Crippen molar-refractivity contribution in [3.8, 4) is 0 Å². The van der Waals surface area contributed by atoms with Gasteiger partial charge in [-0.3, -0.25) is 9.59 Å². The highest BCUT2D eigenvalue weighted by Crippen LogP contribution is 2.31. The maximum absolute atomic E-state index is 12.3. The average Bonchev–Trinajstić information content (AvgIpc) is 2.63. The molecule has 0 rings (SSSR count). The van der Waals surface area contributed by atoms with Gasteiger partial charge in [-0.25, -0.2) is 4.79 Å². The number of ether oxygens (including phenoxy) is 3. The van der Waals surface area contributed by atoms with Crippen molar-refractivity contribution in [2.24, 2.45) is 11.8 Å². The van der Waals surface area contributed by atoms with Crippen LogP contribution in [-0.2, 0) is 23.8 Å². The van der Waals surface area contributed by atoms with E-state index in [4.69, 9.17) is 9.47 Å². The maximum atomic E-state index is 12.3. The zero-order valence-electron chi connectivity index (χ0n) is 20.0. The normalized spacial score (nSPS) is 14.5. The van der Waals surface area contributed by atoms with E-state index in [1.54, 1.807) is 0 Å². The number of amides is 1. The van der Waals surface area contributed by atoms with Gasteiger partial charge in [-0.1, -0.05) is 34.1 Å². The molecule has 176 valence electrons. The first-order valence-corrected chi connectivity index (χ1v) is 11.2. The summed E-state index contributed by atoms with van der Waals surface area (Å²) in [5, 5.41) is 2.53. The summed E-state index contributed by atoms with van der Waals surface area (Å²) >= 11 is 0. The molecule has 0 aliphatic rings. The molecule has 0 aliphatic heterocycles. The molecule has 0 bridgehead atoms. The van der Waals surface area contributed by atoms with Gasteiger partial charge in [-0.15, -0.1) is 0 Å². The molecule has 2 unspecified atom stereocenters. The third kappa shape index (κ3) is 12.7. The Balaban J connectivity index is 4.16. The van der Waals surface area contributed by atoms with Crippen LogP contribution in [0.15, 0.2) is 0 Å². The minimum atomic E-state index is -0.608. The minimum Gasteiger partial charge on any atom is -0.466 e. The molecule has 7 heteroatoms. The molecule has 0 heterocycles. The van der Waals surface area contributed by atoms with Crippen molar-refractivity contribution in [1.82, 2.24) is 5.32 Å². The van der Waals surface area contributed by atoms with Crippen molar-refractivity contribution in [2.75, 3.05) is 13.2 Å². The van der Waals surface area contributed by atoms with Crippen molar-refractivity contribution in [3.05, 3.63) is 0 Å². The zero-order valence-corrected chi connectivity index (χ0v) is 20.0. The van der Waals surface area contributed by atoms with Crippen LogP contribution in [0.1, 0.15) is 93.4 Å². The van der Waals surface area contributed by atoms with Gasteiger partial charge in [0.05, 0.1) is 6.54 Å². The summed E-state index contributed by atoms with van der Waals surface area (Å²) in [5.74, 6) is 0.754. The van der Waals surface area contributed by atoms with Gasteiger partial charge in [0.2, 0.25) is 0 Å². The maximum Gasteiger partial charge on any atom is 0.407 e. The third-order valence-corrected chi connectivity index (χ3v) is 5.50. The first-order chi connectivity index (χ1) is 14.0. The molecule has 0 radical (unpaired) electrons. The molecule has 0 fully saturated rings. The molecule has 0 aromatic carbocycles. The van der Waals surface area contributed by atoms with Crippen LogP contribution in [0, 0.1) is 11.8 Å².